The fourth-order valence-corrected chi connectivity index (χ4v) is 2.29. The van der Waals surface area contributed by atoms with Crippen LogP contribution in [0.3, 0.4) is 0 Å². The maximum Gasteiger partial charge on any atom is 0.327 e. The lowest BCUT2D eigenvalue weighted by Gasteiger charge is -2.31. The molecule has 0 aromatic carbocycles. The van der Waals surface area contributed by atoms with Crippen molar-refractivity contribution in [2.24, 2.45) is 0 Å². The average Bonchev–Trinajstić information content (AvgIpc) is 2.85. The Morgan fingerprint density at radius 3 is 2.74 bits per heavy atom. The molecule has 2 N–H and O–H groups in total. The number of nitrogens with zero attached hydrogens (tertiary/aromatic N) is 1. The van der Waals surface area contributed by atoms with E-state index in [4.69, 9.17) is 0 Å². The van der Waals surface area contributed by atoms with Crippen LogP contribution in [0.5, 0.6) is 0 Å². The number of aliphatic hydroxyl groups is 1. The van der Waals surface area contributed by atoms with Crippen LogP contribution in [0.4, 0.5) is 4.79 Å². The van der Waals surface area contributed by atoms with E-state index in [-0.39, 0.29) is 24.2 Å². The van der Waals surface area contributed by atoms with Crippen LogP contribution in [0.15, 0.2) is 16.8 Å². The molecule has 0 bridgehead atoms. The van der Waals surface area contributed by atoms with Gasteiger partial charge < -0.3 is 10.4 Å². The van der Waals surface area contributed by atoms with Crippen molar-refractivity contribution < 1.29 is 9.90 Å². The smallest absolute Gasteiger partial charge is 0.327 e. The van der Waals surface area contributed by atoms with Crippen molar-refractivity contribution in [1.29, 1.82) is 0 Å². The van der Waals surface area contributed by atoms with Gasteiger partial charge in [0.15, 0.2) is 0 Å². The topological polar surface area (TPSA) is 52.6 Å². The summed E-state index contributed by atoms with van der Waals surface area (Å²) in [5.74, 6) is 0. The molecule has 0 saturated carbocycles. The normalized spacial score (nSPS) is 13.1. The molecule has 0 saturated heterocycles. The van der Waals surface area contributed by atoms with Crippen LogP contribution in [0.1, 0.15) is 32.8 Å². The Labute approximate surface area is 124 Å². The first kappa shape index (κ1) is 16.3. The third kappa shape index (κ3) is 5.42. The second-order valence-corrected chi connectivity index (χ2v) is 6.66. The molecule has 0 aliphatic rings. The second-order valence-electron chi connectivity index (χ2n) is 5.48. The van der Waals surface area contributed by atoms with E-state index in [9.17, 15) is 9.90 Å². The molecular weight excluding hydrogens is 280 g/mol. The van der Waals surface area contributed by atoms with Gasteiger partial charge in [0.25, 0.3) is 0 Å². The molecular formula is C13H22N2O2S2. The van der Waals surface area contributed by atoms with Gasteiger partial charge in [0.2, 0.25) is 0 Å². The predicted octanol–water partition coefficient (Wildman–Crippen LogP) is 2.70. The Hall–Kier alpha value is -0.720. The summed E-state index contributed by atoms with van der Waals surface area (Å²) >= 11 is 5.84. The molecule has 4 nitrogen and oxygen atoms in total. The van der Waals surface area contributed by atoms with E-state index in [1.807, 2.05) is 26.2 Å². The van der Waals surface area contributed by atoms with Crippen LogP contribution in [-0.2, 0) is 6.42 Å². The summed E-state index contributed by atoms with van der Waals surface area (Å²) in [7, 11) is 0. The number of rotatable bonds is 5. The van der Waals surface area contributed by atoms with Gasteiger partial charge in [-0.05, 0) is 56.0 Å². The van der Waals surface area contributed by atoms with Crippen molar-refractivity contribution >= 4 is 30.2 Å². The molecule has 0 radical (unpaired) electrons. The van der Waals surface area contributed by atoms with Gasteiger partial charge in [0, 0.05) is 5.54 Å². The highest BCUT2D eigenvalue weighted by atomic mass is 32.1. The molecule has 1 atom stereocenters. The van der Waals surface area contributed by atoms with Crippen molar-refractivity contribution in [2.45, 2.75) is 45.2 Å². The number of aliphatic hydroxyl groups excluding tert-OH is 1. The van der Waals surface area contributed by atoms with Gasteiger partial charge >= 0.3 is 6.03 Å². The summed E-state index contributed by atoms with van der Waals surface area (Å²) in [6.45, 7) is 5.64. The molecule has 0 unspecified atom stereocenters. The largest absolute Gasteiger partial charge is 0.394 e. The number of hydrogen-bond acceptors (Lipinski definition) is 4. The SMILES string of the molecule is CC(C)(C)N(S)C(=O)N[C@@H](CO)CCc1ccsc1. The minimum Gasteiger partial charge on any atom is -0.394 e. The van der Waals surface area contributed by atoms with Crippen molar-refractivity contribution in [3.63, 3.8) is 0 Å². The zero-order valence-electron chi connectivity index (χ0n) is 11.6. The van der Waals surface area contributed by atoms with Crippen LogP contribution in [0, 0.1) is 0 Å². The molecule has 0 fully saturated rings. The van der Waals surface area contributed by atoms with Gasteiger partial charge in [-0.15, -0.1) is 0 Å². The Balaban J connectivity index is 2.45. The number of urea groups is 1. The van der Waals surface area contributed by atoms with Crippen molar-refractivity contribution in [2.75, 3.05) is 6.61 Å². The van der Waals surface area contributed by atoms with E-state index < -0.39 is 0 Å². The maximum atomic E-state index is 11.9. The summed E-state index contributed by atoms with van der Waals surface area (Å²) in [6, 6.07) is 1.53. The number of aryl methyl sites for hydroxylation is 1. The molecule has 0 aliphatic carbocycles. The van der Waals surface area contributed by atoms with E-state index >= 15 is 0 Å². The first-order chi connectivity index (χ1) is 8.84. The zero-order valence-corrected chi connectivity index (χ0v) is 13.3. The highest BCUT2D eigenvalue weighted by Gasteiger charge is 2.25. The molecule has 0 aliphatic heterocycles. The van der Waals surface area contributed by atoms with Gasteiger partial charge in [-0.2, -0.15) is 11.3 Å². The maximum absolute atomic E-state index is 11.9. The first-order valence-electron chi connectivity index (χ1n) is 6.26. The minimum atomic E-state index is -0.361. The second kappa shape index (κ2) is 7.17. The number of thiophene rings is 1. The van der Waals surface area contributed by atoms with Gasteiger partial charge in [0.05, 0.1) is 12.6 Å². The van der Waals surface area contributed by atoms with E-state index in [1.165, 1.54) is 9.87 Å². The minimum absolute atomic E-state index is 0.0678. The van der Waals surface area contributed by atoms with Crippen LogP contribution in [-0.4, -0.2) is 33.6 Å². The van der Waals surface area contributed by atoms with Crippen LogP contribution in [0.2, 0.25) is 0 Å². The standard InChI is InChI=1S/C13H22N2O2S2/c1-13(2,3)15(18)12(17)14-11(8-16)5-4-10-6-7-19-9-10/h6-7,9,11,16,18H,4-5,8H2,1-3H3,(H,14,17)/t11-/m1/s1. The molecule has 1 rings (SSSR count). The summed E-state index contributed by atoms with van der Waals surface area (Å²) in [5, 5.41) is 16.2. The Morgan fingerprint density at radius 1 is 1.58 bits per heavy atom. The lowest BCUT2D eigenvalue weighted by atomic mass is 10.1. The lowest BCUT2D eigenvalue weighted by molar-refractivity contribution is 0.184. The van der Waals surface area contributed by atoms with E-state index in [0.717, 1.165) is 6.42 Å². The van der Waals surface area contributed by atoms with Crippen LogP contribution >= 0.6 is 24.2 Å². The fourth-order valence-electron chi connectivity index (χ4n) is 1.53. The van der Waals surface area contributed by atoms with E-state index in [1.54, 1.807) is 11.3 Å². The Bertz CT molecular complexity index is 388. The van der Waals surface area contributed by atoms with Gasteiger partial charge in [0.1, 0.15) is 0 Å². The van der Waals surface area contributed by atoms with Gasteiger partial charge in [-0.3, -0.25) is 4.31 Å². The third-order valence-corrected chi connectivity index (χ3v) is 4.25. The fraction of sp³-hybridized carbons (Fsp3) is 0.615. The van der Waals surface area contributed by atoms with Gasteiger partial charge in [-0.25, -0.2) is 4.79 Å². The molecule has 108 valence electrons. The summed E-state index contributed by atoms with van der Waals surface area (Å²) < 4.78 is 1.35. The molecule has 2 amide bonds. The zero-order chi connectivity index (χ0) is 14.5. The number of hydrogen-bond donors (Lipinski definition) is 3. The Kier molecular flexibility index (Phi) is 6.16. The monoisotopic (exact) mass is 302 g/mol. The van der Waals surface area contributed by atoms with Crippen LogP contribution < -0.4 is 5.32 Å². The molecule has 0 spiro atoms. The number of thiol groups is 1. The number of amides is 2. The van der Waals surface area contributed by atoms with Crippen molar-refractivity contribution in [3.8, 4) is 0 Å². The number of nitrogens with one attached hydrogen (secondary N) is 1. The molecule has 1 heterocycles. The van der Waals surface area contributed by atoms with Crippen LogP contribution in [0.25, 0.3) is 0 Å². The third-order valence-electron chi connectivity index (χ3n) is 2.74. The van der Waals surface area contributed by atoms with Crippen molar-refractivity contribution in [1.82, 2.24) is 9.62 Å². The first-order valence-corrected chi connectivity index (χ1v) is 7.60. The average molecular weight is 302 g/mol. The summed E-state index contributed by atoms with van der Waals surface area (Å²) in [5.41, 5.74) is 0.872. The molecule has 1 aromatic rings. The lowest BCUT2D eigenvalue weighted by Crippen LogP contribution is -2.49. The number of carbonyl (C=O) groups is 1. The summed E-state index contributed by atoms with van der Waals surface area (Å²) in [6.07, 6.45) is 1.56. The molecule has 1 aromatic heterocycles. The molecule has 6 heteroatoms. The van der Waals surface area contributed by atoms with E-state index in [2.05, 4.69) is 29.6 Å². The predicted molar refractivity (Wildman–Crippen MR) is 82.6 cm³/mol. The Morgan fingerprint density at radius 2 is 2.26 bits per heavy atom. The highest BCUT2D eigenvalue weighted by Crippen LogP contribution is 2.16. The quantitative estimate of drug-likeness (QED) is 0.733. The van der Waals surface area contributed by atoms with E-state index in [0.29, 0.717) is 6.42 Å². The number of carbonyl (C=O) groups excluding carboxylic acids is 1. The van der Waals surface area contributed by atoms with Gasteiger partial charge in [-0.1, -0.05) is 12.8 Å². The summed E-state index contributed by atoms with van der Waals surface area (Å²) in [4.78, 5) is 11.9. The molecule has 19 heavy (non-hydrogen) atoms. The highest BCUT2D eigenvalue weighted by molar-refractivity contribution is 7.78. The van der Waals surface area contributed by atoms with Crippen molar-refractivity contribution in [3.05, 3.63) is 22.4 Å².